The molecule has 1 aliphatic rings. The van der Waals surface area contributed by atoms with Crippen LogP contribution in [0.2, 0.25) is 0 Å². The van der Waals surface area contributed by atoms with Crippen LogP contribution in [0.25, 0.3) is 11.1 Å². The van der Waals surface area contributed by atoms with Crippen molar-refractivity contribution in [2.75, 3.05) is 39.1 Å². The summed E-state index contributed by atoms with van der Waals surface area (Å²) in [6.45, 7) is 2.98. The minimum absolute atomic E-state index is 0.00174. The van der Waals surface area contributed by atoms with Crippen LogP contribution in [-0.4, -0.2) is 44.6 Å². The van der Waals surface area contributed by atoms with E-state index in [1.165, 1.54) is 0 Å². The Balaban J connectivity index is 1.31. The Morgan fingerprint density at radius 2 is 1.59 bits per heavy atom. The summed E-state index contributed by atoms with van der Waals surface area (Å²) in [5.41, 5.74) is 4.89. The maximum Gasteiger partial charge on any atom is 0.251 e. The molecule has 2 N–H and O–H groups in total. The highest BCUT2D eigenvalue weighted by molar-refractivity contribution is 5.94. The highest BCUT2D eigenvalue weighted by Gasteiger charge is 2.17. The molecule has 0 saturated carbocycles. The second-order valence-corrected chi connectivity index (χ2v) is 8.47. The van der Waals surface area contributed by atoms with Gasteiger partial charge < -0.3 is 20.3 Å². The molecule has 5 heteroatoms. The molecule has 3 aromatic carbocycles. The van der Waals surface area contributed by atoms with Crippen molar-refractivity contribution >= 4 is 17.3 Å². The van der Waals surface area contributed by atoms with Crippen molar-refractivity contribution in [3.8, 4) is 16.9 Å². The van der Waals surface area contributed by atoms with Gasteiger partial charge in [0.05, 0.1) is 7.11 Å². The summed E-state index contributed by atoms with van der Waals surface area (Å²) >= 11 is 0. The van der Waals surface area contributed by atoms with Gasteiger partial charge in [-0.1, -0.05) is 24.3 Å². The summed E-state index contributed by atoms with van der Waals surface area (Å²) in [5, 5.41) is 6.49. The van der Waals surface area contributed by atoms with Gasteiger partial charge in [0, 0.05) is 23.5 Å². The fourth-order valence-corrected chi connectivity index (χ4v) is 4.03. The number of anilines is 2. The van der Waals surface area contributed by atoms with E-state index in [-0.39, 0.29) is 5.91 Å². The predicted molar refractivity (Wildman–Crippen MR) is 131 cm³/mol. The van der Waals surface area contributed by atoms with Crippen LogP contribution >= 0.6 is 0 Å². The van der Waals surface area contributed by atoms with Crippen LogP contribution in [0, 0.1) is 5.92 Å². The van der Waals surface area contributed by atoms with Gasteiger partial charge in [-0.15, -0.1) is 0 Å². The molecule has 0 bridgehead atoms. The van der Waals surface area contributed by atoms with Crippen LogP contribution in [0.15, 0.2) is 72.8 Å². The Bertz CT molecular complexity index is 1020. The molecule has 0 atom stereocenters. The standard InChI is InChI=1S/C27H31N3O2/c1-30-16-14-20(15-17-30)19-28-27(31)22-8-12-25(13-9-22)29-24-10-6-21(7-11-24)23-4-3-5-26(18-23)32-2/h3-13,18,20,29H,14-17,19H2,1-2H3,(H,28,31). The average Bonchev–Trinajstić information content (AvgIpc) is 2.84. The van der Waals surface area contributed by atoms with Crippen LogP contribution in [0.4, 0.5) is 11.4 Å². The van der Waals surface area contributed by atoms with Crippen LogP contribution in [0.1, 0.15) is 23.2 Å². The number of carbonyl (C=O) groups is 1. The third-order valence-electron chi connectivity index (χ3n) is 6.11. The summed E-state index contributed by atoms with van der Waals surface area (Å²) in [5.74, 6) is 1.43. The molecule has 1 aliphatic heterocycles. The lowest BCUT2D eigenvalue weighted by molar-refractivity contribution is 0.0939. The number of amides is 1. The zero-order chi connectivity index (χ0) is 22.3. The van der Waals surface area contributed by atoms with Crippen molar-refractivity contribution in [1.82, 2.24) is 10.2 Å². The summed E-state index contributed by atoms with van der Waals surface area (Å²) in [4.78, 5) is 14.8. The smallest absolute Gasteiger partial charge is 0.251 e. The third kappa shape index (κ3) is 5.68. The molecule has 0 radical (unpaired) electrons. The summed E-state index contributed by atoms with van der Waals surface area (Å²) < 4.78 is 5.31. The lowest BCUT2D eigenvalue weighted by Crippen LogP contribution is -2.36. The largest absolute Gasteiger partial charge is 0.497 e. The van der Waals surface area contributed by atoms with E-state index in [2.05, 4.69) is 52.9 Å². The molecule has 1 heterocycles. The van der Waals surface area contributed by atoms with Gasteiger partial charge in [0.25, 0.3) is 5.91 Å². The van der Waals surface area contributed by atoms with Gasteiger partial charge in [0.15, 0.2) is 0 Å². The minimum Gasteiger partial charge on any atom is -0.497 e. The fraction of sp³-hybridized carbons (Fsp3) is 0.296. The highest BCUT2D eigenvalue weighted by atomic mass is 16.5. The van der Waals surface area contributed by atoms with Crippen molar-refractivity contribution in [1.29, 1.82) is 0 Å². The normalized spacial score (nSPS) is 14.7. The van der Waals surface area contributed by atoms with Gasteiger partial charge in [0.2, 0.25) is 0 Å². The van der Waals surface area contributed by atoms with Crippen molar-refractivity contribution in [3.63, 3.8) is 0 Å². The maximum absolute atomic E-state index is 12.5. The van der Waals surface area contributed by atoms with Gasteiger partial charge in [0.1, 0.15) is 5.75 Å². The van der Waals surface area contributed by atoms with E-state index in [1.807, 2.05) is 42.5 Å². The van der Waals surface area contributed by atoms with E-state index in [0.717, 1.165) is 60.7 Å². The monoisotopic (exact) mass is 429 g/mol. The van der Waals surface area contributed by atoms with Gasteiger partial charge in [-0.05, 0) is 98.6 Å². The fourth-order valence-electron chi connectivity index (χ4n) is 4.03. The average molecular weight is 430 g/mol. The van der Waals surface area contributed by atoms with Gasteiger partial charge in [-0.3, -0.25) is 4.79 Å². The predicted octanol–water partition coefficient (Wildman–Crippen LogP) is 5.18. The first-order valence-electron chi connectivity index (χ1n) is 11.2. The van der Waals surface area contributed by atoms with E-state index in [9.17, 15) is 4.79 Å². The molecule has 0 aromatic heterocycles. The first kappa shape index (κ1) is 21.9. The number of likely N-dealkylation sites (tertiary alicyclic amines) is 1. The van der Waals surface area contributed by atoms with E-state index < -0.39 is 0 Å². The Hall–Kier alpha value is -3.31. The Morgan fingerprint density at radius 1 is 0.938 bits per heavy atom. The van der Waals surface area contributed by atoms with Crippen LogP contribution in [-0.2, 0) is 0 Å². The Kier molecular flexibility index (Phi) is 7.07. The van der Waals surface area contributed by atoms with Crippen molar-refractivity contribution < 1.29 is 9.53 Å². The first-order valence-corrected chi connectivity index (χ1v) is 11.2. The lowest BCUT2D eigenvalue weighted by Gasteiger charge is -2.28. The molecule has 5 nitrogen and oxygen atoms in total. The molecule has 1 fully saturated rings. The third-order valence-corrected chi connectivity index (χ3v) is 6.11. The number of nitrogens with one attached hydrogen (secondary N) is 2. The molecule has 3 aromatic rings. The van der Waals surface area contributed by atoms with Gasteiger partial charge in [-0.2, -0.15) is 0 Å². The summed E-state index contributed by atoms with van der Waals surface area (Å²) in [6, 6.07) is 23.9. The molecular formula is C27H31N3O2. The number of hydrogen-bond donors (Lipinski definition) is 2. The molecule has 4 rings (SSSR count). The maximum atomic E-state index is 12.5. The molecule has 1 amide bonds. The number of hydrogen-bond acceptors (Lipinski definition) is 4. The number of piperidine rings is 1. The van der Waals surface area contributed by atoms with Crippen molar-refractivity contribution in [2.24, 2.45) is 5.92 Å². The van der Waals surface area contributed by atoms with Crippen molar-refractivity contribution in [2.45, 2.75) is 12.8 Å². The number of nitrogens with zero attached hydrogens (tertiary/aromatic N) is 1. The van der Waals surface area contributed by atoms with Crippen LogP contribution in [0.3, 0.4) is 0 Å². The Morgan fingerprint density at radius 3 is 2.25 bits per heavy atom. The zero-order valence-corrected chi connectivity index (χ0v) is 18.8. The SMILES string of the molecule is COc1cccc(-c2ccc(Nc3ccc(C(=O)NCC4CCN(C)CC4)cc3)cc2)c1. The summed E-state index contributed by atoms with van der Waals surface area (Å²) in [6.07, 6.45) is 2.30. The molecule has 0 spiro atoms. The number of methoxy groups -OCH3 is 1. The molecule has 0 unspecified atom stereocenters. The van der Waals surface area contributed by atoms with E-state index in [0.29, 0.717) is 11.5 Å². The Labute approximate surface area is 190 Å². The number of ether oxygens (including phenoxy) is 1. The first-order chi connectivity index (χ1) is 15.6. The van der Waals surface area contributed by atoms with Crippen LogP contribution < -0.4 is 15.4 Å². The summed E-state index contributed by atoms with van der Waals surface area (Å²) in [7, 11) is 3.83. The quantitative estimate of drug-likeness (QED) is 0.544. The lowest BCUT2D eigenvalue weighted by atomic mass is 9.97. The van der Waals surface area contributed by atoms with E-state index in [1.54, 1.807) is 7.11 Å². The molecule has 166 valence electrons. The van der Waals surface area contributed by atoms with Gasteiger partial charge >= 0.3 is 0 Å². The number of benzene rings is 3. The van der Waals surface area contributed by atoms with Gasteiger partial charge in [-0.25, -0.2) is 0 Å². The zero-order valence-electron chi connectivity index (χ0n) is 18.8. The second kappa shape index (κ2) is 10.3. The molecule has 32 heavy (non-hydrogen) atoms. The number of carbonyl (C=O) groups excluding carboxylic acids is 1. The molecule has 0 aliphatic carbocycles. The van der Waals surface area contributed by atoms with E-state index >= 15 is 0 Å². The minimum atomic E-state index is -0.00174. The van der Waals surface area contributed by atoms with Crippen molar-refractivity contribution in [3.05, 3.63) is 78.4 Å². The highest BCUT2D eigenvalue weighted by Crippen LogP contribution is 2.26. The second-order valence-electron chi connectivity index (χ2n) is 8.47. The molecular weight excluding hydrogens is 398 g/mol. The number of rotatable bonds is 7. The topological polar surface area (TPSA) is 53.6 Å². The molecule has 1 saturated heterocycles. The van der Waals surface area contributed by atoms with Crippen LogP contribution in [0.5, 0.6) is 5.75 Å². The van der Waals surface area contributed by atoms with E-state index in [4.69, 9.17) is 4.74 Å².